The molecule has 1 aliphatic heterocycles. The fraction of sp³-hybridized carbons (Fsp3) is 0.538. The monoisotopic (exact) mass is 334 g/mol. The van der Waals surface area contributed by atoms with E-state index in [-0.39, 0.29) is 16.5 Å². The summed E-state index contributed by atoms with van der Waals surface area (Å²) in [6.45, 7) is 0.744. The molecular weight excluding hydrogens is 316 g/mol. The molecule has 20 heavy (non-hydrogen) atoms. The van der Waals surface area contributed by atoms with Crippen LogP contribution >= 0.6 is 23.4 Å². The molecule has 1 fully saturated rings. The van der Waals surface area contributed by atoms with Gasteiger partial charge in [-0.15, -0.1) is 0 Å². The molecule has 0 bridgehead atoms. The molecule has 1 unspecified atom stereocenters. The van der Waals surface area contributed by atoms with Crippen molar-refractivity contribution in [2.24, 2.45) is 5.73 Å². The van der Waals surface area contributed by atoms with E-state index in [1.807, 2.05) is 11.8 Å². The van der Waals surface area contributed by atoms with E-state index < -0.39 is 10.0 Å². The molecule has 0 saturated carbocycles. The minimum Gasteiger partial charge on any atom is -0.326 e. The lowest BCUT2D eigenvalue weighted by molar-refractivity contribution is 0.573. The van der Waals surface area contributed by atoms with Gasteiger partial charge in [-0.05, 0) is 36.3 Å². The van der Waals surface area contributed by atoms with E-state index in [0.29, 0.717) is 11.8 Å². The average Bonchev–Trinajstić information content (AvgIpc) is 2.47. The lowest BCUT2D eigenvalue weighted by atomic mass is 10.2. The third kappa shape index (κ3) is 4.11. The van der Waals surface area contributed by atoms with E-state index in [1.54, 1.807) is 18.2 Å². The Bertz CT molecular complexity index is 557. The summed E-state index contributed by atoms with van der Waals surface area (Å²) in [5.41, 5.74) is 6.29. The number of rotatable bonds is 5. The van der Waals surface area contributed by atoms with Crippen LogP contribution in [-0.2, 0) is 16.6 Å². The van der Waals surface area contributed by atoms with Gasteiger partial charge < -0.3 is 5.73 Å². The Morgan fingerprint density at radius 2 is 2.20 bits per heavy atom. The fourth-order valence-electron chi connectivity index (χ4n) is 2.13. The van der Waals surface area contributed by atoms with Gasteiger partial charge in [-0.3, -0.25) is 0 Å². The van der Waals surface area contributed by atoms with Gasteiger partial charge in [-0.25, -0.2) is 13.1 Å². The average molecular weight is 335 g/mol. The Kier molecular flexibility index (Phi) is 5.74. The Morgan fingerprint density at radius 3 is 2.85 bits per heavy atom. The Hall–Kier alpha value is -0.270. The van der Waals surface area contributed by atoms with Crippen LogP contribution in [0, 0.1) is 0 Å². The largest absolute Gasteiger partial charge is 0.326 e. The maximum Gasteiger partial charge on any atom is 0.242 e. The van der Waals surface area contributed by atoms with E-state index in [9.17, 15) is 8.42 Å². The van der Waals surface area contributed by atoms with Crippen molar-refractivity contribution >= 4 is 33.4 Å². The summed E-state index contributed by atoms with van der Waals surface area (Å²) in [5.74, 6) is 1.11. The zero-order valence-electron chi connectivity index (χ0n) is 11.1. The van der Waals surface area contributed by atoms with Gasteiger partial charge in [0.1, 0.15) is 4.90 Å². The molecule has 1 heterocycles. The van der Waals surface area contributed by atoms with Gasteiger partial charge in [0.2, 0.25) is 10.0 Å². The third-order valence-corrected chi connectivity index (χ3v) is 6.60. The van der Waals surface area contributed by atoms with Crippen molar-refractivity contribution < 1.29 is 8.42 Å². The van der Waals surface area contributed by atoms with Gasteiger partial charge >= 0.3 is 0 Å². The molecule has 0 aliphatic carbocycles. The van der Waals surface area contributed by atoms with Gasteiger partial charge in [-0.1, -0.05) is 24.1 Å². The number of benzene rings is 1. The minimum atomic E-state index is -3.57. The van der Waals surface area contributed by atoms with Crippen molar-refractivity contribution in [2.45, 2.75) is 36.0 Å². The van der Waals surface area contributed by atoms with Crippen molar-refractivity contribution in [1.82, 2.24) is 4.72 Å². The standard InChI is InChI=1S/C13H19ClN2O2S2/c14-12-5-4-10(8-15)7-13(12)20(17,18)16-9-11-3-1-2-6-19-11/h4-5,7,11,16H,1-3,6,8-9,15H2. The van der Waals surface area contributed by atoms with Crippen molar-refractivity contribution in [3.05, 3.63) is 28.8 Å². The highest BCUT2D eigenvalue weighted by atomic mass is 35.5. The van der Waals surface area contributed by atoms with Gasteiger partial charge in [0.15, 0.2) is 0 Å². The molecule has 4 nitrogen and oxygen atoms in total. The van der Waals surface area contributed by atoms with Crippen LogP contribution in [-0.4, -0.2) is 26.0 Å². The summed E-state index contributed by atoms with van der Waals surface area (Å²) in [5, 5.41) is 0.584. The summed E-state index contributed by atoms with van der Waals surface area (Å²) in [4.78, 5) is 0.114. The summed E-state index contributed by atoms with van der Waals surface area (Å²) in [6, 6.07) is 4.85. The Balaban J connectivity index is 2.09. The van der Waals surface area contributed by atoms with Crippen LogP contribution in [0.25, 0.3) is 0 Å². The molecule has 1 atom stereocenters. The zero-order valence-corrected chi connectivity index (χ0v) is 13.5. The SMILES string of the molecule is NCc1ccc(Cl)c(S(=O)(=O)NCC2CCCCS2)c1. The number of thioether (sulfide) groups is 1. The van der Waals surface area contributed by atoms with Crippen molar-refractivity contribution in [1.29, 1.82) is 0 Å². The summed E-state index contributed by atoms with van der Waals surface area (Å²) >= 11 is 7.83. The molecular formula is C13H19ClN2O2S2. The maximum atomic E-state index is 12.3. The number of hydrogen-bond donors (Lipinski definition) is 2. The molecule has 0 radical (unpaired) electrons. The van der Waals surface area contributed by atoms with Crippen LogP contribution in [0.2, 0.25) is 5.02 Å². The summed E-state index contributed by atoms with van der Waals surface area (Å²) in [7, 11) is -3.57. The fourth-order valence-corrected chi connectivity index (χ4v) is 5.10. The highest BCUT2D eigenvalue weighted by Crippen LogP contribution is 2.26. The van der Waals surface area contributed by atoms with Crippen LogP contribution < -0.4 is 10.5 Å². The second-order valence-electron chi connectivity index (χ2n) is 4.81. The molecule has 0 amide bonds. The number of nitrogens with one attached hydrogen (secondary N) is 1. The van der Waals surface area contributed by atoms with E-state index in [0.717, 1.165) is 17.7 Å². The van der Waals surface area contributed by atoms with Gasteiger partial charge in [0.05, 0.1) is 5.02 Å². The molecule has 1 saturated heterocycles. The molecule has 2 rings (SSSR count). The predicted molar refractivity (Wildman–Crippen MR) is 84.6 cm³/mol. The van der Waals surface area contributed by atoms with E-state index >= 15 is 0 Å². The minimum absolute atomic E-state index is 0.114. The molecule has 112 valence electrons. The first-order chi connectivity index (χ1) is 9.53. The predicted octanol–water partition coefficient (Wildman–Crippen LogP) is 2.36. The van der Waals surface area contributed by atoms with Crippen molar-refractivity contribution in [3.8, 4) is 0 Å². The van der Waals surface area contributed by atoms with Crippen LogP contribution in [0.5, 0.6) is 0 Å². The summed E-state index contributed by atoms with van der Waals surface area (Å²) < 4.78 is 27.3. The van der Waals surface area contributed by atoms with E-state index in [1.165, 1.54) is 12.8 Å². The summed E-state index contributed by atoms with van der Waals surface area (Å²) in [6.07, 6.45) is 3.45. The zero-order chi connectivity index (χ0) is 14.6. The quantitative estimate of drug-likeness (QED) is 0.867. The Morgan fingerprint density at radius 1 is 1.40 bits per heavy atom. The highest BCUT2D eigenvalue weighted by molar-refractivity contribution is 8.00. The van der Waals surface area contributed by atoms with Crippen molar-refractivity contribution in [2.75, 3.05) is 12.3 Å². The lowest BCUT2D eigenvalue weighted by Gasteiger charge is -2.21. The smallest absolute Gasteiger partial charge is 0.242 e. The first-order valence-corrected chi connectivity index (χ1v) is 9.53. The van der Waals surface area contributed by atoms with E-state index in [4.69, 9.17) is 17.3 Å². The Labute approximate surface area is 129 Å². The van der Waals surface area contributed by atoms with Crippen LogP contribution in [0.1, 0.15) is 24.8 Å². The number of halogens is 1. The van der Waals surface area contributed by atoms with Gasteiger partial charge in [0.25, 0.3) is 0 Å². The third-order valence-electron chi connectivity index (χ3n) is 3.30. The molecule has 1 aromatic carbocycles. The second-order valence-corrected chi connectivity index (χ2v) is 8.36. The second kappa shape index (κ2) is 7.13. The van der Waals surface area contributed by atoms with E-state index in [2.05, 4.69) is 4.72 Å². The topological polar surface area (TPSA) is 72.2 Å². The van der Waals surface area contributed by atoms with Gasteiger partial charge in [-0.2, -0.15) is 11.8 Å². The first kappa shape index (κ1) is 16.1. The number of nitrogens with two attached hydrogens (primary N) is 1. The molecule has 0 spiro atoms. The number of sulfonamides is 1. The van der Waals surface area contributed by atoms with Gasteiger partial charge in [0, 0.05) is 18.3 Å². The molecule has 0 aromatic heterocycles. The number of hydrogen-bond acceptors (Lipinski definition) is 4. The highest BCUT2D eigenvalue weighted by Gasteiger charge is 2.21. The van der Waals surface area contributed by atoms with Crippen molar-refractivity contribution in [3.63, 3.8) is 0 Å². The maximum absolute atomic E-state index is 12.3. The first-order valence-electron chi connectivity index (χ1n) is 6.62. The van der Waals surface area contributed by atoms with Crippen LogP contribution in [0.15, 0.2) is 23.1 Å². The molecule has 1 aliphatic rings. The molecule has 7 heteroatoms. The van der Waals surface area contributed by atoms with Crippen LogP contribution in [0.3, 0.4) is 0 Å². The lowest BCUT2D eigenvalue weighted by Crippen LogP contribution is -2.32. The van der Waals surface area contributed by atoms with Crippen LogP contribution in [0.4, 0.5) is 0 Å². The normalized spacial score (nSPS) is 20.0. The molecule has 1 aromatic rings. The molecule has 3 N–H and O–H groups in total.